The molecule has 0 aliphatic heterocycles. The maximum atomic E-state index is 12.2. The molecule has 1 aromatic carbocycles. The number of nitrogens with two attached hydrogens (primary N) is 1. The number of carbonyl (C=O) groups excluding carboxylic acids is 1. The molecule has 0 saturated heterocycles. The van der Waals surface area contributed by atoms with Crippen molar-refractivity contribution in [2.24, 2.45) is 5.73 Å². The van der Waals surface area contributed by atoms with Crippen molar-refractivity contribution in [2.75, 3.05) is 65.4 Å². The van der Waals surface area contributed by atoms with Gasteiger partial charge in [-0.3, -0.25) is 4.79 Å². The standard InChI is InChI=1S/C26H47N7O2/c27-10-4-13-28-11-1-2-12-29-14-5-15-30-16-6-17-31-18-7-19-32-25(35)20-22-21-33-23-8-3-9-24(34)26(22)23/h3,8-9,21,28-31,33-34H,1-2,4-7,10-20,27H2,(H,32,35). The molecule has 1 aromatic heterocycles. The Labute approximate surface area is 210 Å². The highest BCUT2D eigenvalue weighted by Gasteiger charge is 2.11. The van der Waals surface area contributed by atoms with E-state index in [1.807, 2.05) is 6.07 Å². The molecule has 9 heteroatoms. The molecule has 0 spiro atoms. The normalized spacial score (nSPS) is 11.3. The summed E-state index contributed by atoms with van der Waals surface area (Å²) in [5.74, 6) is 0.180. The molecule has 2 aromatic rings. The van der Waals surface area contributed by atoms with Gasteiger partial charge in [-0.05, 0) is 115 Å². The van der Waals surface area contributed by atoms with Gasteiger partial charge in [0.15, 0.2) is 0 Å². The third kappa shape index (κ3) is 12.9. The Morgan fingerprint density at radius 1 is 0.771 bits per heavy atom. The molecule has 2 rings (SSSR count). The number of unbranched alkanes of at least 4 members (excludes halogenated alkanes) is 1. The zero-order valence-electron chi connectivity index (χ0n) is 21.3. The number of rotatable bonds is 22. The smallest absolute Gasteiger partial charge is 0.224 e. The summed E-state index contributed by atoms with van der Waals surface area (Å²) < 4.78 is 0. The van der Waals surface area contributed by atoms with Crippen LogP contribution in [0.2, 0.25) is 0 Å². The second-order valence-electron chi connectivity index (χ2n) is 8.95. The number of amides is 1. The molecule has 35 heavy (non-hydrogen) atoms. The van der Waals surface area contributed by atoms with Gasteiger partial charge < -0.3 is 42.4 Å². The van der Waals surface area contributed by atoms with E-state index in [0.29, 0.717) is 6.54 Å². The SMILES string of the molecule is NCCCNCCCCNCCCNCCCNCCCNC(=O)Cc1c[nH]c2cccc(O)c12. The number of aromatic amines is 1. The molecule has 0 aliphatic rings. The highest BCUT2D eigenvalue weighted by molar-refractivity contribution is 5.92. The first-order chi connectivity index (χ1) is 17.2. The molecule has 1 heterocycles. The predicted octanol–water partition coefficient (Wildman–Crippen LogP) is 1.19. The number of carbonyl (C=O) groups is 1. The lowest BCUT2D eigenvalue weighted by molar-refractivity contribution is -0.120. The van der Waals surface area contributed by atoms with Crippen LogP contribution in [0.5, 0.6) is 5.75 Å². The quantitative estimate of drug-likeness (QED) is 0.116. The lowest BCUT2D eigenvalue weighted by Gasteiger charge is -2.08. The minimum atomic E-state index is -0.0248. The lowest BCUT2D eigenvalue weighted by atomic mass is 10.1. The van der Waals surface area contributed by atoms with Crippen molar-refractivity contribution in [1.82, 2.24) is 31.6 Å². The van der Waals surface area contributed by atoms with Gasteiger partial charge in [-0.15, -0.1) is 0 Å². The summed E-state index contributed by atoms with van der Waals surface area (Å²) in [6.07, 6.45) is 8.69. The van der Waals surface area contributed by atoms with Gasteiger partial charge in [0.2, 0.25) is 5.91 Å². The second kappa shape index (κ2) is 19.1. The first-order valence-corrected chi connectivity index (χ1v) is 13.3. The van der Waals surface area contributed by atoms with Crippen molar-refractivity contribution in [3.05, 3.63) is 30.0 Å². The Balaban J connectivity index is 1.32. The molecule has 9 nitrogen and oxygen atoms in total. The van der Waals surface area contributed by atoms with Crippen molar-refractivity contribution in [3.8, 4) is 5.75 Å². The van der Waals surface area contributed by atoms with Crippen LogP contribution in [0.15, 0.2) is 24.4 Å². The molecule has 0 radical (unpaired) electrons. The summed E-state index contributed by atoms with van der Waals surface area (Å²) in [7, 11) is 0. The summed E-state index contributed by atoms with van der Waals surface area (Å²) in [4.78, 5) is 15.3. The first-order valence-electron chi connectivity index (χ1n) is 13.3. The third-order valence-electron chi connectivity index (χ3n) is 5.90. The van der Waals surface area contributed by atoms with Gasteiger partial charge >= 0.3 is 0 Å². The molecular formula is C26H47N7O2. The van der Waals surface area contributed by atoms with Gasteiger partial charge in [0.1, 0.15) is 5.75 Å². The summed E-state index contributed by atoms with van der Waals surface area (Å²) in [5, 5.41) is 27.6. The van der Waals surface area contributed by atoms with Crippen LogP contribution in [-0.4, -0.2) is 81.4 Å². The molecule has 198 valence electrons. The highest BCUT2D eigenvalue weighted by atomic mass is 16.3. The number of hydrogen-bond acceptors (Lipinski definition) is 7. The monoisotopic (exact) mass is 489 g/mol. The van der Waals surface area contributed by atoms with Gasteiger partial charge in [0.05, 0.1) is 6.42 Å². The van der Waals surface area contributed by atoms with E-state index in [9.17, 15) is 9.90 Å². The predicted molar refractivity (Wildman–Crippen MR) is 145 cm³/mol. The van der Waals surface area contributed by atoms with Crippen molar-refractivity contribution in [2.45, 2.75) is 44.9 Å². The van der Waals surface area contributed by atoms with E-state index in [1.165, 1.54) is 12.8 Å². The highest BCUT2D eigenvalue weighted by Crippen LogP contribution is 2.27. The topological polar surface area (TPSA) is 139 Å². The molecule has 0 fully saturated rings. The van der Waals surface area contributed by atoms with E-state index in [-0.39, 0.29) is 18.1 Å². The van der Waals surface area contributed by atoms with E-state index in [1.54, 1.807) is 18.3 Å². The van der Waals surface area contributed by atoms with E-state index in [2.05, 4.69) is 31.6 Å². The number of phenols is 1. The van der Waals surface area contributed by atoms with Crippen LogP contribution in [0.1, 0.15) is 44.1 Å². The number of H-pyrrole nitrogens is 1. The summed E-state index contributed by atoms with van der Waals surface area (Å²) in [6, 6.07) is 5.32. The van der Waals surface area contributed by atoms with Crippen molar-refractivity contribution < 1.29 is 9.90 Å². The zero-order valence-corrected chi connectivity index (χ0v) is 21.3. The second-order valence-corrected chi connectivity index (χ2v) is 8.95. The Hall–Kier alpha value is -2.17. The Kier molecular flexibility index (Phi) is 15.8. The van der Waals surface area contributed by atoms with Crippen LogP contribution in [-0.2, 0) is 11.2 Å². The first kappa shape index (κ1) is 29.1. The Bertz CT molecular complexity index is 812. The summed E-state index contributed by atoms with van der Waals surface area (Å²) in [6.45, 7) is 9.64. The average Bonchev–Trinajstić information content (AvgIpc) is 3.26. The van der Waals surface area contributed by atoms with Gasteiger partial charge in [-0.1, -0.05) is 6.07 Å². The van der Waals surface area contributed by atoms with Crippen LogP contribution >= 0.6 is 0 Å². The Morgan fingerprint density at radius 2 is 1.31 bits per heavy atom. The van der Waals surface area contributed by atoms with Crippen LogP contribution in [0, 0.1) is 0 Å². The van der Waals surface area contributed by atoms with Crippen molar-refractivity contribution in [3.63, 3.8) is 0 Å². The minimum absolute atomic E-state index is 0.0248. The van der Waals surface area contributed by atoms with Gasteiger partial charge in [0, 0.05) is 23.6 Å². The molecule has 0 atom stereocenters. The summed E-state index contributed by atoms with van der Waals surface area (Å²) in [5.41, 5.74) is 7.13. The minimum Gasteiger partial charge on any atom is -0.507 e. The van der Waals surface area contributed by atoms with E-state index >= 15 is 0 Å². The number of aromatic hydroxyl groups is 1. The molecule has 0 saturated carbocycles. The number of fused-ring (bicyclic) bond motifs is 1. The molecule has 9 N–H and O–H groups in total. The molecular weight excluding hydrogens is 442 g/mol. The number of aromatic nitrogens is 1. The fourth-order valence-corrected chi connectivity index (χ4v) is 3.95. The van der Waals surface area contributed by atoms with Crippen LogP contribution in [0.4, 0.5) is 0 Å². The molecule has 0 aliphatic carbocycles. The largest absolute Gasteiger partial charge is 0.507 e. The van der Waals surface area contributed by atoms with E-state index in [4.69, 9.17) is 5.73 Å². The van der Waals surface area contributed by atoms with Crippen LogP contribution < -0.4 is 32.3 Å². The van der Waals surface area contributed by atoms with Gasteiger partial charge in [0.25, 0.3) is 0 Å². The fourth-order valence-electron chi connectivity index (χ4n) is 3.95. The van der Waals surface area contributed by atoms with Crippen LogP contribution in [0.3, 0.4) is 0 Å². The van der Waals surface area contributed by atoms with E-state index < -0.39 is 0 Å². The van der Waals surface area contributed by atoms with Gasteiger partial charge in [-0.25, -0.2) is 0 Å². The Morgan fingerprint density at radius 3 is 1.91 bits per heavy atom. The fraction of sp³-hybridized carbons (Fsp3) is 0.654. The van der Waals surface area contributed by atoms with Gasteiger partial charge in [-0.2, -0.15) is 0 Å². The summed E-state index contributed by atoms with van der Waals surface area (Å²) >= 11 is 0. The molecule has 1 amide bonds. The van der Waals surface area contributed by atoms with Crippen molar-refractivity contribution >= 4 is 16.8 Å². The number of benzene rings is 1. The average molecular weight is 490 g/mol. The van der Waals surface area contributed by atoms with E-state index in [0.717, 1.165) is 101 Å². The number of hydrogen-bond donors (Lipinski definition) is 8. The van der Waals surface area contributed by atoms with Crippen molar-refractivity contribution in [1.29, 1.82) is 0 Å². The third-order valence-corrected chi connectivity index (χ3v) is 5.90. The maximum Gasteiger partial charge on any atom is 0.224 e. The zero-order chi connectivity index (χ0) is 25.0. The number of nitrogens with one attached hydrogen (secondary N) is 6. The molecule has 0 bridgehead atoms. The lowest BCUT2D eigenvalue weighted by Crippen LogP contribution is -2.29. The van der Waals surface area contributed by atoms with Crippen LogP contribution in [0.25, 0.3) is 10.9 Å². The number of phenolic OH excluding ortho intramolecular Hbond substituents is 1. The molecule has 0 unspecified atom stereocenters. The maximum absolute atomic E-state index is 12.2.